The number of pyridine rings is 1. The summed E-state index contributed by atoms with van der Waals surface area (Å²) >= 11 is 6.11. The molecule has 82 valence electrons. The van der Waals surface area contributed by atoms with Crippen molar-refractivity contribution in [3.05, 3.63) is 17.3 Å². The van der Waals surface area contributed by atoms with Crippen molar-refractivity contribution in [2.75, 3.05) is 38.2 Å². The maximum absolute atomic E-state index is 6.11. The number of ether oxygens (including phenoxy) is 1. The molecule has 1 aliphatic rings. The van der Waals surface area contributed by atoms with Crippen molar-refractivity contribution >= 4 is 17.3 Å². The lowest BCUT2D eigenvalue weighted by atomic mass is 10.3. The molecule has 0 amide bonds. The van der Waals surface area contributed by atoms with Gasteiger partial charge in [-0.15, -0.1) is 0 Å². The molecular weight excluding hydrogens is 214 g/mol. The van der Waals surface area contributed by atoms with E-state index in [0.29, 0.717) is 10.9 Å². The summed E-state index contributed by atoms with van der Waals surface area (Å²) < 4.78 is 5.09. The highest BCUT2D eigenvalue weighted by molar-refractivity contribution is 6.33. The number of halogens is 1. The highest BCUT2D eigenvalue weighted by atomic mass is 35.5. The summed E-state index contributed by atoms with van der Waals surface area (Å²) in [5, 5.41) is 3.98. The molecule has 2 heterocycles. The fourth-order valence-electron chi connectivity index (χ4n) is 1.67. The van der Waals surface area contributed by atoms with E-state index in [1.807, 2.05) is 6.07 Å². The SMILES string of the molecule is COc1cc(N2CCNCC2)c(Cl)cn1. The maximum Gasteiger partial charge on any atom is 0.215 e. The molecule has 1 fully saturated rings. The van der Waals surface area contributed by atoms with Gasteiger partial charge in [0.15, 0.2) is 0 Å². The smallest absolute Gasteiger partial charge is 0.215 e. The zero-order chi connectivity index (χ0) is 10.7. The van der Waals surface area contributed by atoms with Crippen LogP contribution < -0.4 is 15.0 Å². The van der Waals surface area contributed by atoms with Crippen molar-refractivity contribution in [1.82, 2.24) is 10.3 Å². The zero-order valence-corrected chi connectivity index (χ0v) is 9.42. The maximum atomic E-state index is 6.11. The van der Waals surface area contributed by atoms with Crippen molar-refractivity contribution in [1.29, 1.82) is 0 Å². The fraction of sp³-hybridized carbons (Fsp3) is 0.500. The first-order valence-electron chi connectivity index (χ1n) is 4.96. The van der Waals surface area contributed by atoms with Gasteiger partial charge in [-0.1, -0.05) is 11.6 Å². The van der Waals surface area contributed by atoms with E-state index >= 15 is 0 Å². The van der Waals surface area contributed by atoms with Crippen LogP contribution in [0.1, 0.15) is 0 Å². The van der Waals surface area contributed by atoms with Crippen LogP contribution >= 0.6 is 11.6 Å². The number of hydrogen-bond acceptors (Lipinski definition) is 4. The first kappa shape index (κ1) is 10.5. The summed E-state index contributed by atoms with van der Waals surface area (Å²) in [6.07, 6.45) is 1.64. The molecular formula is C10H14ClN3O. The third-order valence-electron chi connectivity index (χ3n) is 2.48. The van der Waals surface area contributed by atoms with E-state index < -0.39 is 0 Å². The van der Waals surface area contributed by atoms with Crippen LogP contribution in [0.4, 0.5) is 5.69 Å². The van der Waals surface area contributed by atoms with Crippen molar-refractivity contribution < 1.29 is 4.74 Å². The number of nitrogens with one attached hydrogen (secondary N) is 1. The minimum Gasteiger partial charge on any atom is -0.481 e. The molecule has 0 bridgehead atoms. The summed E-state index contributed by atoms with van der Waals surface area (Å²) in [6.45, 7) is 3.90. The van der Waals surface area contributed by atoms with Crippen LogP contribution in [-0.2, 0) is 0 Å². The fourth-order valence-corrected chi connectivity index (χ4v) is 1.89. The third-order valence-corrected chi connectivity index (χ3v) is 2.77. The van der Waals surface area contributed by atoms with Gasteiger partial charge >= 0.3 is 0 Å². The number of hydrogen-bond donors (Lipinski definition) is 1. The molecule has 4 nitrogen and oxygen atoms in total. The largest absolute Gasteiger partial charge is 0.481 e. The molecule has 0 radical (unpaired) electrons. The van der Waals surface area contributed by atoms with E-state index in [-0.39, 0.29) is 0 Å². The molecule has 1 saturated heterocycles. The number of rotatable bonds is 2. The van der Waals surface area contributed by atoms with Gasteiger partial charge in [-0.05, 0) is 0 Å². The third kappa shape index (κ3) is 2.33. The van der Waals surface area contributed by atoms with E-state index in [4.69, 9.17) is 16.3 Å². The van der Waals surface area contributed by atoms with Gasteiger partial charge in [0.2, 0.25) is 5.88 Å². The Balaban J connectivity index is 2.24. The van der Waals surface area contributed by atoms with Gasteiger partial charge in [0.25, 0.3) is 0 Å². The van der Waals surface area contributed by atoms with Gasteiger partial charge in [-0.3, -0.25) is 0 Å². The number of anilines is 1. The lowest BCUT2D eigenvalue weighted by Crippen LogP contribution is -2.43. The topological polar surface area (TPSA) is 37.4 Å². The van der Waals surface area contributed by atoms with Crippen molar-refractivity contribution in [2.45, 2.75) is 0 Å². The van der Waals surface area contributed by atoms with Gasteiger partial charge in [-0.2, -0.15) is 0 Å². The molecule has 0 atom stereocenters. The van der Waals surface area contributed by atoms with Gasteiger partial charge in [-0.25, -0.2) is 4.98 Å². The first-order chi connectivity index (χ1) is 7.31. The molecule has 0 aliphatic carbocycles. The van der Waals surface area contributed by atoms with Crippen LogP contribution in [0.25, 0.3) is 0 Å². The minimum atomic E-state index is 0.605. The Kier molecular flexibility index (Phi) is 3.28. The predicted octanol–water partition coefficient (Wildman–Crippen LogP) is 1.15. The Bertz CT molecular complexity index is 339. The van der Waals surface area contributed by atoms with Crippen LogP contribution in [0.2, 0.25) is 5.02 Å². The molecule has 1 aromatic heterocycles. The Labute approximate surface area is 94.2 Å². The second kappa shape index (κ2) is 4.68. The zero-order valence-electron chi connectivity index (χ0n) is 8.66. The lowest BCUT2D eigenvalue weighted by Gasteiger charge is -2.30. The van der Waals surface area contributed by atoms with Gasteiger partial charge in [0.05, 0.1) is 24.0 Å². The molecule has 0 spiro atoms. The Morgan fingerprint density at radius 1 is 1.47 bits per heavy atom. The van der Waals surface area contributed by atoms with E-state index in [1.165, 1.54) is 0 Å². The monoisotopic (exact) mass is 227 g/mol. The number of nitrogens with zero attached hydrogens (tertiary/aromatic N) is 2. The minimum absolute atomic E-state index is 0.605. The quantitative estimate of drug-likeness (QED) is 0.823. The molecule has 1 aromatic rings. The Morgan fingerprint density at radius 2 is 2.20 bits per heavy atom. The number of piperazine rings is 1. The molecule has 2 rings (SSSR count). The summed E-state index contributed by atoms with van der Waals surface area (Å²) in [5.74, 6) is 0.605. The van der Waals surface area contributed by atoms with Crippen LogP contribution in [0.5, 0.6) is 5.88 Å². The van der Waals surface area contributed by atoms with E-state index in [2.05, 4.69) is 15.2 Å². The summed E-state index contributed by atoms with van der Waals surface area (Å²) in [7, 11) is 1.61. The molecule has 1 N–H and O–H groups in total. The van der Waals surface area contributed by atoms with Crippen LogP contribution in [0.3, 0.4) is 0 Å². The van der Waals surface area contributed by atoms with Crippen LogP contribution in [0.15, 0.2) is 12.3 Å². The number of methoxy groups -OCH3 is 1. The van der Waals surface area contributed by atoms with Crippen molar-refractivity contribution in [3.63, 3.8) is 0 Å². The molecule has 1 aliphatic heterocycles. The molecule has 0 saturated carbocycles. The molecule has 0 aromatic carbocycles. The predicted molar refractivity (Wildman–Crippen MR) is 60.9 cm³/mol. The van der Waals surface area contributed by atoms with Crippen LogP contribution in [-0.4, -0.2) is 38.3 Å². The molecule has 0 unspecified atom stereocenters. The van der Waals surface area contributed by atoms with Gasteiger partial charge < -0.3 is 15.0 Å². The normalized spacial score (nSPS) is 16.5. The number of aromatic nitrogens is 1. The summed E-state index contributed by atoms with van der Waals surface area (Å²) in [5.41, 5.74) is 1.00. The standard InChI is InChI=1S/C10H14ClN3O/c1-15-10-6-9(8(11)7-13-10)14-4-2-12-3-5-14/h6-7,12H,2-5H2,1H3. The average molecular weight is 228 g/mol. The second-order valence-corrected chi connectivity index (χ2v) is 3.82. The van der Waals surface area contributed by atoms with Gasteiger partial charge in [0, 0.05) is 32.2 Å². The summed E-state index contributed by atoms with van der Waals surface area (Å²) in [6, 6.07) is 1.88. The molecule has 15 heavy (non-hydrogen) atoms. The highest BCUT2D eigenvalue weighted by Gasteiger charge is 2.14. The first-order valence-corrected chi connectivity index (χ1v) is 5.34. The van der Waals surface area contributed by atoms with Crippen LogP contribution in [0, 0.1) is 0 Å². The lowest BCUT2D eigenvalue weighted by molar-refractivity contribution is 0.397. The average Bonchev–Trinajstić information content (AvgIpc) is 2.31. The van der Waals surface area contributed by atoms with E-state index in [0.717, 1.165) is 31.9 Å². The van der Waals surface area contributed by atoms with Crippen molar-refractivity contribution in [3.8, 4) is 5.88 Å². The van der Waals surface area contributed by atoms with E-state index in [9.17, 15) is 0 Å². The Hall–Kier alpha value is -1.00. The summed E-state index contributed by atoms with van der Waals surface area (Å²) in [4.78, 5) is 6.29. The highest BCUT2D eigenvalue weighted by Crippen LogP contribution is 2.28. The van der Waals surface area contributed by atoms with Crippen molar-refractivity contribution in [2.24, 2.45) is 0 Å². The second-order valence-electron chi connectivity index (χ2n) is 3.42. The Morgan fingerprint density at radius 3 is 2.87 bits per heavy atom. The van der Waals surface area contributed by atoms with Gasteiger partial charge in [0.1, 0.15) is 0 Å². The van der Waals surface area contributed by atoms with E-state index in [1.54, 1.807) is 13.3 Å². The molecule has 5 heteroatoms.